The molecule has 0 aliphatic rings. The van der Waals surface area contributed by atoms with Gasteiger partial charge in [0.15, 0.2) is 0 Å². The Labute approximate surface area is 145 Å². The molecule has 0 saturated carbocycles. The second kappa shape index (κ2) is 7.83. The fourth-order valence-electron chi connectivity index (χ4n) is 2.61. The van der Waals surface area contributed by atoms with Gasteiger partial charge >= 0.3 is 0 Å². The number of nitrogens with zero attached hydrogens (tertiary/aromatic N) is 1. The molecule has 6 nitrogen and oxygen atoms in total. The van der Waals surface area contributed by atoms with Crippen molar-refractivity contribution >= 4 is 35.4 Å². The summed E-state index contributed by atoms with van der Waals surface area (Å²) in [4.78, 5) is 14.2. The standard InChI is InChI=1S/C17H18N4O2.ClH/c18-8-9-23-15-7-6-13(12-4-2-1-3-5-12)17-16(15)14(10-20-17)21(19)11-22;/h1-7,10-11,20H,8-9,18-19H2;1H. The van der Waals surface area contributed by atoms with Crippen LogP contribution in [0, 0.1) is 0 Å². The van der Waals surface area contributed by atoms with Crippen LogP contribution in [0.5, 0.6) is 5.75 Å². The summed E-state index contributed by atoms with van der Waals surface area (Å²) in [6.07, 6.45) is 2.26. The van der Waals surface area contributed by atoms with Gasteiger partial charge in [-0.05, 0) is 17.7 Å². The Bertz CT molecular complexity index is 820. The number of rotatable bonds is 6. The number of hydrazine groups is 1. The van der Waals surface area contributed by atoms with E-state index in [0.717, 1.165) is 27.0 Å². The van der Waals surface area contributed by atoms with E-state index in [4.69, 9.17) is 16.3 Å². The number of carbonyl (C=O) groups is 1. The molecule has 1 aromatic heterocycles. The SMILES string of the molecule is Cl.NCCOc1ccc(-c2ccccc2)c2[nH]cc(N(N)C=O)c12. The number of carbonyl (C=O) groups excluding carboxylic acids is 1. The zero-order valence-corrected chi connectivity index (χ0v) is 13.8. The van der Waals surface area contributed by atoms with Gasteiger partial charge in [0.05, 0.1) is 16.6 Å². The van der Waals surface area contributed by atoms with Crippen LogP contribution in [0.15, 0.2) is 48.7 Å². The number of benzene rings is 2. The smallest absolute Gasteiger partial charge is 0.228 e. The summed E-state index contributed by atoms with van der Waals surface area (Å²) < 4.78 is 5.71. The van der Waals surface area contributed by atoms with E-state index >= 15 is 0 Å². The van der Waals surface area contributed by atoms with Gasteiger partial charge in [-0.25, -0.2) is 10.9 Å². The predicted octanol–water partition coefficient (Wildman–Crippen LogP) is 2.43. The van der Waals surface area contributed by atoms with Gasteiger partial charge in [0.2, 0.25) is 6.41 Å². The van der Waals surface area contributed by atoms with Crippen molar-refractivity contribution in [2.24, 2.45) is 11.6 Å². The van der Waals surface area contributed by atoms with Crippen LogP contribution < -0.4 is 21.3 Å². The minimum Gasteiger partial charge on any atom is -0.491 e. The fourth-order valence-corrected chi connectivity index (χ4v) is 2.61. The van der Waals surface area contributed by atoms with Gasteiger partial charge < -0.3 is 15.5 Å². The third kappa shape index (κ3) is 3.21. The number of hydrogen-bond donors (Lipinski definition) is 3. The molecule has 0 radical (unpaired) electrons. The van der Waals surface area contributed by atoms with E-state index in [9.17, 15) is 4.79 Å². The highest BCUT2D eigenvalue weighted by molar-refractivity contribution is 6.07. The first-order valence-corrected chi connectivity index (χ1v) is 7.28. The Kier molecular flexibility index (Phi) is 5.81. The lowest BCUT2D eigenvalue weighted by Crippen LogP contribution is -2.28. The van der Waals surface area contributed by atoms with Crippen molar-refractivity contribution in [1.82, 2.24) is 4.98 Å². The molecule has 126 valence electrons. The van der Waals surface area contributed by atoms with E-state index in [2.05, 4.69) is 4.98 Å². The van der Waals surface area contributed by atoms with Gasteiger partial charge in [-0.15, -0.1) is 12.4 Å². The first-order valence-electron chi connectivity index (χ1n) is 7.28. The molecule has 0 aliphatic carbocycles. The van der Waals surface area contributed by atoms with E-state index in [-0.39, 0.29) is 12.4 Å². The number of ether oxygens (including phenoxy) is 1. The normalized spacial score (nSPS) is 10.2. The third-order valence-corrected chi connectivity index (χ3v) is 3.63. The lowest BCUT2D eigenvalue weighted by atomic mass is 10.0. The van der Waals surface area contributed by atoms with Crippen LogP contribution >= 0.6 is 12.4 Å². The topological polar surface area (TPSA) is 97.4 Å². The van der Waals surface area contributed by atoms with Gasteiger partial charge in [-0.3, -0.25) is 4.79 Å². The van der Waals surface area contributed by atoms with Crippen molar-refractivity contribution in [3.8, 4) is 16.9 Å². The van der Waals surface area contributed by atoms with Gasteiger partial charge in [-0.1, -0.05) is 30.3 Å². The van der Waals surface area contributed by atoms with Crippen LogP contribution in [-0.2, 0) is 4.79 Å². The second-order valence-electron chi connectivity index (χ2n) is 5.05. The van der Waals surface area contributed by atoms with E-state index < -0.39 is 0 Å². The quantitative estimate of drug-likeness (QED) is 0.276. The number of amides is 1. The van der Waals surface area contributed by atoms with Crippen LogP contribution in [0.3, 0.4) is 0 Å². The molecular weight excluding hydrogens is 328 g/mol. The minimum absolute atomic E-state index is 0. The summed E-state index contributed by atoms with van der Waals surface area (Å²) in [7, 11) is 0. The number of aromatic amines is 1. The molecule has 3 rings (SSSR count). The van der Waals surface area contributed by atoms with E-state index in [1.165, 1.54) is 0 Å². The Morgan fingerprint density at radius 2 is 1.92 bits per heavy atom. The molecule has 0 unspecified atom stereocenters. The van der Waals surface area contributed by atoms with Crippen molar-refractivity contribution in [2.45, 2.75) is 0 Å². The average molecular weight is 347 g/mol. The summed E-state index contributed by atoms with van der Waals surface area (Å²) in [5.74, 6) is 6.39. The first kappa shape index (κ1) is 17.8. The fraction of sp³-hybridized carbons (Fsp3) is 0.118. The van der Waals surface area contributed by atoms with Gasteiger partial charge in [0, 0.05) is 18.3 Å². The maximum Gasteiger partial charge on any atom is 0.228 e. The minimum atomic E-state index is 0. The molecule has 0 bridgehead atoms. The molecule has 3 aromatic rings. The summed E-state index contributed by atoms with van der Waals surface area (Å²) in [6.45, 7) is 0.789. The van der Waals surface area contributed by atoms with Crippen LogP contribution in [0.2, 0.25) is 0 Å². The molecule has 1 heterocycles. The molecule has 5 N–H and O–H groups in total. The number of anilines is 1. The van der Waals surface area contributed by atoms with Crippen LogP contribution in [0.4, 0.5) is 5.69 Å². The third-order valence-electron chi connectivity index (χ3n) is 3.63. The number of fused-ring (bicyclic) bond motifs is 1. The maximum absolute atomic E-state index is 11.1. The van der Waals surface area contributed by atoms with Crippen LogP contribution in [0.25, 0.3) is 22.0 Å². The average Bonchev–Trinajstić information content (AvgIpc) is 3.05. The van der Waals surface area contributed by atoms with Crippen molar-refractivity contribution < 1.29 is 9.53 Å². The zero-order chi connectivity index (χ0) is 16.2. The van der Waals surface area contributed by atoms with E-state index in [1.54, 1.807) is 6.20 Å². The van der Waals surface area contributed by atoms with E-state index in [0.29, 0.717) is 31.0 Å². The highest BCUT2D eigenvalue weighted by Crippen LogP contribution is 2.39. The summed E-state index contributed by atoms with van der Waals surface area (Å²) in [5.41, 5.74) is 9.00. The Morgan fingerprint density at radius 3 is 2.58 bits per heavy atom. The number of H-pyrrole nitrogens is 1. The van der Waals surface area contributed by atoms with Crippen molar-refractivity contribution in [1.29, 1.82) is 0 Å². The van der Waals surface area contributed by atoms with Gasteiger partial charge in [0.1, 0.15) is 12.4 Å². The Morgan fingerprint density at radius 1 is 1.17 bits per heavy atom. The van der Waals surface area contributed by atoms with Gasteiger partial charge in [-0.2, -0.15) is 0 Å². The largest absolute Gasteiger partial charge is 0.491 e. The Hall–Kier alpha value is -2.54. The molecule has 24 heavy (non-hydrogen) atoms. The molecule has 0 saturated heterocycles. The highest BCUT2D eigenvalue weighted by Gasteiger charge is 2.17. The number of hydrogen-bond acceptors (Lipinski definition) is 4. The molecule has 1 amide bonds. The van der Waals surface area contributed by atoms with Crippen molar-refractivity contribution in [3.63, 3.8) is 0 Å². The van der Waals surface area contributed by atoms with Crippen LogP contribution in [0.1, 0.15) is 0 Å². The summed E-state index contributed by atoms with van der Waals surface area (Å²) in [5, 5.41) is 1.79. The number of nitrogens with two attached hydrogens (primary N) is 2. The maximum atomic E-state index is 11.1. The van der Waals surface area contributed by atoms with Crippen molar-refractivity contribution in [2.75, 3.05) is 18.2 Å². The molecular formula is C17H19ClN4O2. The predicted molar refractivity (Wildman–Crippen MR) is 98.3 cm³/mol. The molecule has 0 spiro atoms. The lowest BCUT2D eigenvalue weighted by molar-refractivity contribution is -0.107. The van der Waals surface area contributed by atoms with Gasteiger partial charge in [0.25, 0.3) is 0 Å². The first-order chi connectivity index (χ1) is 11.3. The van der Waals surface area contributed by atoms with Crippen molar-refractivity contribution in [3.05, 3.63) is 48.7 Å². The molecule has 0 aliphatic heterocycles. The Balaban J connectivity index is 0.00000208. The van der Waals surface area contributed by atoms with Crippen LogP contribution in [-0.4, -0.2) is 24.5 Å². The monoisotopic (exact) mass is 346 g/mol. The summed E-state index contributed by atoms with van der Waals surface area (Å²) in [6, 6.07) is 13.8. The number of aromatic nitrogens is 1. The summed E-state index contributed by atoms with van der Waals surface area (Å²) >= 11 is 0. The molecule has 0 fully saturated rings. The van der Waals surface area contributed by atoms with E-state index in [1.807, 2.05) is 42.5 Å². The number of nitrogens with one attached hydrogen (secondary N) is 1. The molecule has 7 heteroatoms. The molecule has 0 atom stereocenters. The second-order valence-corrected chi connectivity index (χ2v) is 5.05. The zero-order valence-electron chi connectivity index (χ0n) is 12.9. The number of halogens is 1. The highest BCUT2D eigenvalue weighted by atomic mass is 35.5. The lowest BCUT2D eigenvalue weighted by Gasteiger charge is -2.13. The molecule has 2 aromatic carbocycles.